The number of unbranched alkanes of at least 4 members (excludes halogenated alkanes) is 1. The summed E-state index contributed by atoms with van der Waals surface area (Å²) in [6.45, 7) is -0.335. The van der Waals surface area contributed by atoms with Gasteiger partial charge in [0.25, 0.3) is 5.91 Å². The normalized spacial score (nSPS) is 14.4. The number of likely N-dealkylation sites (tertiary alicyclic amines) is 1. The van der Waals surface area contributed by atoms with Gasteiger partial charge in [-0.25, -0.2) is 0 Å². The molecular formula is C70H88N16O15. The number of methoxy groups -OCH3 is 1. The van der Waals surface area contributed by atoms with Crippen LogP contribution in [0.25, 0.3) is 0 Å². The third-order valence-electron chi connectivity index (χ3n) is 16.4. The lowest BCUT2D eigenvalue weighted by molar-refractivity contribution is -0.143. The molecule has 31 nitrogen and oxygen atoms in total. The van der Waals surface area contributed by atoms with Crippen molar-refractivity contribution in [3.8, 4) is 11.5 Å². The standard InChI is InChI=1S/C70H88N16O15/c1-101-48-29-21-43(22-30-48)38-53(79-59(90)40-78-62(93)46-25-23-45(24-26-46)60(91)44-14-6-3-7-15-44)65(96)84-54(37-41-12-4-2-5-13-41)66(97)80-50(31-32-57(72)88)64(95)85-55(39-58(73)89)67(98)82-51(16-8-9-33-71)69(100)86-35-11-18-56(86)68(99)81-49(17-10-34-77-70(75)76)63(94)83-52(61(74)92)36-42-19-27-47(87)28-20-42/h2-7,12-15,19-30,49-56,87H,8-11,16-18,31-40,71H2,1H3,(H2,72,88)(H2,73,89)(H2,74,92)(H,78,93)(H,79,90)(H,80,97)(H,81,99)(H,82,98)(H,83,94)(H,84,96)(H,85,95)(H4,75,76,77)/t49-,50-,51-,52-,53+,54-,55-,56-/m0/s1. The number of hydrogen-bond acceptors (Lipinski definition) is 17. The molecule has 0 unspecified atom stereocenters. The molecule has 538 valence electrons. The highest BCUT2D eigenvalue weighted by atomic mass is 16.5. The fraction of sp³-hybridized carbons (Fsp3) is 0.371. The summed E-state index contributed by atoms with van der Waals surface area (Å²) in [6, 6.07) is 23.2. The van der Waals surface area contributed by atoms with Gasteiger partial charge in [0.2, 0.25) is 65.0 Å². The number of amides is 12. The zero-order valence-corrected chi connectivity index (χ0v) is 55.8. The van der Waals surface area contributed by atoms with Crippen molar-refractivity contribution in [1.29, 1.82) is 5.41 Å². The summed E-state index contributed by atoms with van der Waals surface area (Å²) in [6.07, 6.45) is -1.29. The van der Waals surface area contributed by atoms with Crippen molar-refractivity contribution in [3.05, 3.63) is 167 Å². The van der Waals surface area contributed by atoms with Crippen molar-refractivity contribution in [2.45, 2.75) is 132 Å². The number of hydrogen-bond donors (Lipinski definition) is 16. The highest BCUT2D eigenvalue weighted by Crippen LogP contribution is 2.22. The molecule has 0 spiro atoms. The fourth-order valence-corrected chi connectivity index (χ4v) is 11.0. The van der Waals surface area contributed by atoms with Crippen molar-refractivity contribution in [2.75, 3.05) is 33.3 Å². The van der Waals surface area contributed by atoms with Crippen LogP contribution in [0, 0.1) is 5.41 Å². The van der Waals surface area contributed by atoms with Crippen LogP contribution in [0.4, 0.5) is 0 Å². The van der Waals surface area contributed by atoms with E-state index in [1.54, 1.807) is 84.9 Å². The summed E-state index contributed by atoms with van der Waals surface area (Å²) in [5.74, 6) is -11.1. The number of benzene rings is 5. The average molecular weight is 1390 g/mol. The Kier molecular flexibility index (Phi) is 30.7. The van der Waals surface area contributed by atoms with Gasteiger partial charge in [-0.1, -0.05) is 97.1 Å². The second kappa shape index (κ2) is 39.6. The maximum atomic E-state index is 14.8. The van der Waals surface area contributed by atoms with Gasteiger partial charge in [-0.2, -0.15) is 0 Å². The lowest BCUT2D eigenvalue weighted by Crippen LogP contribution is -2.61. The fourth-order valence-electron chi connectivity index (χ4n) is 11.0. The van der Waals surface area contributed by atoms with E-state index in [9.17, 15) is 67.4 Å². The summed E-state index contributed by atoms with van der Waals surface area (Å²) in [5, 5.41) is 40.6. The number of rotatable bonds is 40. The molecule has 0 aliphatic carbocycles. The number of nitrogens with one attached hydrogen (secondary N) is 10. The van der Waals surface area contributed by atoms with Crippen LogP contribution in [-0.4, -0.2) is 174 Å². The van der Waals surface area contributed by atoms with Crippen LogP contribution in [0.2, 0.25) is 0 Å². The second-order valence-electron chi connectivity index (χ2n) is 24.1. The summed E-state index contributed by atoms with van der Waals surface area (Å²) in [7, 11) is 1.46. The van der Waals surface area contributed by atoms with E-state index < -0.39 is 145 Å². The maximum absolute atomic E-state index is 14.8. The quantitative estimate of drug-likeness (QED) is 0.00918. The molecule has 0 aromatic heterocycles. The maximum Gasteiger partial charge on any atom is 0.251 e. The van der Waals surface area contributed by atoms with E-state index >= 15 is 0 Å². The van der Waals surface area contributed by atoms with Crippen LogP contribution >= 0.6 is 0 Å². The van der Waals surface area contributed by atoms with Crippen molar-refractivity contribution < 1.29 is 72.2 Å². The highest BCUT2D eigenvalue weighted by molar-refractivity contribution is 6.09. The highest BCUT2D eigenvalue weighted by Gasteiger charge is 2.41. The number of guanidine groups is 1. The largest absolute Gasteiger partial charge is 0.508 e. The van der Waals surface area contributed by atoms with Crippen molar-refractivity contribution >= 4 is 82.6 Å². The molecule has 1 aliphatic heterocycles. The van der Waals surface area contributed by atoms with E-state index in [2.05, 4.69) is 47.9 Å². The molecule has 8 atom stereocenters. The first-order chi connectivity index (χ1) is 48.3. The zero-order valence-electron chi connectivity index (χ0n) is 55.8. The number of phenolic OH excluding ortho intramolecular Hbond substituents is 1. The Morgan fingerprint density at radius 1 is 0.525 bits per heavy atom. The number of phenols is 1. The topological polar surface area (TPSA) is 517 Å². The van der Waals surface area contributed by atoms with Gasteiger partial charge < -0.3 is 91.3 Å². The predicted octanol–water partition coefficient (Wildman–Crippen LogP) is -1.51. The molecule has 12 amide bonds. The third-order valence-corrected chi connectivity index (χ3v) is 16.4. The monoisotopic (exact) mass is 1390 g/mol. The summed E-state index contributed by atoms with van der Waals surface area (Å²) in [4.78, 5) is 180. The average Bonchev–Trinajstić information content (AvgIpc) is 1.75. The van der Waals surface area contributed by atoms with E-state index in [4.69, 9.17) is 38.8 Å². The number of carbonyl (C=O) groups is 13. The lowest BCUT2D eigenvalue weighted by Gasteiger charge is -2.31. The number of carbonyl (C=O) groups excluding carboxylic acids is 13. The van der Waals surface area contributed by atoms with Crippen LogP contribution in [0.3, 0.4) is 0 Å². The molecule has 0 radical (unpaired) electrons. The van der Waals surface area contributed by atoms with Crippen LogP contribution < -0.4 is 81.3 Å². The van der Waals surface area contributed by atoms with Gasteiger partial charge in [0.1, 0.15) is 59.8 Å². The van der Waals surface area contributed by atoms with Gasteiger partial charge in [0.05, 0.1) is 20.1 Å². The van der Waals surface area contributed by atoms with Gasteiger partial charge in [-0.05, 0) is 111 Å². The molecule has 31 heteroatoms. The first-order valence-electron chi connectivity index (χ1n) is 32.8. The molecule has 6 rings (SSSR count). The summed E-state index contributed by atoms with van der Waals surface area (Å²) < 4.78 is 5.30. The second-order valence-corrected chi connectivity index (χ2v) is 24.1. The molecule has 0 bridgehead atoms. The van der Waals surface area contributed by atoms with Crippen LogP contribution in [0.1, 0.15) is 107 Å². The van der Waals surface area contributed by atoms with Crippen LogP contribution in [0.15, 0.2) is 133 Å². The van der Waals surface area contributed by atoms with Crippen LogP contribution in [0.5, 0.6) is 11.5 Å². The van der Waals surface area contributed by atoms with Gasteiger partial charge in [0, 0.05) is 55.5 Å². The Bertz CT molecular complexity index is 3720. The van der Waals surface area contributed by atoms with Gasteiger partial charge >= 0.3 is 0 Å². The molecule has 1 aliphatic rings. The van der Waals surface area contributed by atoms with Crippen LogP contribution in [-0.2, 0) is 72.0 Å². The number of nitrogens with two attached hydrogens (primary N) is 5. The molecule has 21 N–H and O–H groups in total. The number of aromatic hydroxyl groups is 1. The van der Waals surface area contributed by atoms with E-state index in [1.165, 1.54) is 60.5 Å². The van der Waals surface area contributed by atoms with E-state index in [0.29, 0.717) is 46.4 Å². The van der Waals surface area contributed by atoms with Gasteiger partial charge in [-0.15, -0.1) is 0 Å². The number of primary amides is 3. The smallest absolute Gasteiger partial charge is 0.251 e. The lowest BCUT2D eigenvalue weighted by atomic mass is 10.0. The van der Waals surface area contributed by atoms with Gasteiger partial charge in [0.15, 0.2) is 11.7 Å². The molecule has 1 fully saturated rings. The van der Waals surface area contributed by atoms with Crippen molar-refractivity contribution in [1.82, 2.24) is 52.8 Å². The first kappa shape index (κ1) is 78.2. The summed E-state index contributed by atoms with van der Waals surface area (Å²) in [5.41, 5.74) is 30.6. The SMILES string of the molecule is COc1ccc(C[C@@H](NC(=O)CNC(=O)c2ccc(C(=O)c3ccccc3)cc2)C(=O)N[C@@H](Cc2ccccc2)C(=O)N[C@@H](CCC(N)=O)C(=O)N[C@@H](CC(N)=O)C(=O)N[C@@H](CCCCN)C(=O)N2CCC[C@H]2C(=O)N[C@@H](CCCNC(=N)N)C(=O)N[C@@H](Cc2ccc(O)cc2)C(N)=O)cc1. The number of nitrogens with zero attached hydrogens (tertiary/aromatic N) is 1. The Morgan fingerprint density at radius 2 is 1.02 bits per heavy atom. The summed E-state index contributed by atoms with van der Waals surface area (Å²) >= 11 is 0. The minimum absolute atomic E-state index is 0.000569. The van der Waals surface area contributed by atoms with Crippen molar-refractivity contribution in [3.63, 3.8) is 0 Å². The van der Waals surface area contributed by atoms with E-state index in [0.717, 1.165) is 0 Å². The number of ether oxygens (including phenoxy) is 1. The molecule has 5 aromatic carbocycles. The zero-order chi connectivity index (χ0) is 73.5. The van der Waals surface area contributed by atoms with E-state index in [-0.39, 0.29) is 94.1 Å². The Hall–Kier alpha value is -11.8. The van der Waals surface area contributed by atoms with Crippen molar-refractivity contribution in [2.24, 2.45) is 28.7 Å². The minimum Gasteiger partial charge on any atom is -0.508 e. The van der Waals surface area contributed by atoms with E-state index in [1.807, 2.05) is 0 Å². The Balaban J connectivity index is 1.19. The minimum atomic E-state index is -1.85. The molecule has 0 saturated carbocycles. The molecule has 5 aromatic rings. The molecular weight excluding hydrogens is 1300 g/mol. The molecule has 1 heterocycles. The Morgan fingerprint density at radius 3 is 1.60 bits per heavy atom. The third kappa shape index (κ3) is 25.6. The predicted molar refractivity (Wildman–Crippen MR) is 369 cm³/mol. The first-order valence-corrected chi connectivity index (χ1v) is 32.8. The van der Waals surface area contributed by atoms with Gasteiger partial charge in [-0.3, -0.25) is 67.7 Å². The number of ketones is 1. The molecule has 1 saturated heterocycles. The Labute approximate surface area is 582 Å². The molecule has 101 heavy (non-hydrogen) atoms.